The van der Waals surface area contributed by atoms with Gasteiger partial charge in [0.2, 0.25) is 5.91 Å². The topological polar surface area (TPSA) is 70.7 Å². The zero-order valence-corrected chi connectivity index (χ0v) is 13.5. The van der Waals surface area contributed by atoms with Crippen molar-refractivity contribution in [2.24, 2.45) is 0 Å². The summed E-state index contributed by atoms with van der Waals surface area (Å²) in [5.74, 6) is -0.00547. The molecule has 0 aliphatic rings. The van der Waals surface area contributed by atoms with Gasteiger partial charge in [0.05, 0.1) is 12.6 Å². The molecule has 6 heteroatoms. The fourth-order valence-corrected chi connectivity index (χ4v) is 1.99. The molecule has 2 N–H and O–H groups in total. The van der Waals surface area contributed by atoms with Gasteiger partial charge in [0.25, 0.3) is 0 Å². The lowest BCUT2D eigenvalue weighted by molar-refractivity contribution is -0.130. The van der Waals surface area contributed by atoms with E-state index in [-0.39, 0.29) is 24.4 Å². The van der Waals surface area contributed by atoms with E-state index in [0.717, 1.165) is 5.56 Å². The molecular weight excluding hydrogens is 282 g/mol. The van der Waals surface area contributed by atoms with E-state index in [9.17, 15) is 9.59 Å². The van der Waals surface area contributed by atoms with Crippen LogP contribution in [0.4, 0.5) is 4.79 Å². The highest BCUT2D eigenvalue weighted by molar-refractivity contribution is 5.78. The van der Waals surface area contributed by atoms with Crippen LogP contribution in [0.15, 0.2) is 30.3 Å². The van der Waals surface area contributed by atoms with E-state index in [0.29, 0.717) is 19.7 Å². The highest BCUT2D eigenvalue weighted by Gasteiger charge is 2.10. The first-order chi connectivity index (χ1) is 10.5. The first-order valence-corrected chi connectivity index (χ1v) is 7.34. The number of amides is 3. The minimum absolute atomic E-state index is 0.00547. The number of methoxy groups -OCH3 is 1. The van der Waals surface area contributed by atoms with Gasteiger partial charge in [-0.1, -0.05) is 30.3 Å². The first kappa shape index (κ1) is 18.0. The van der Waals surface area contributed by atoms with Gasteiger partial charge in [-0.05, 0) is 12.5 Å². The van der Waals surface area contributed by atoms with Gasteiger partial charge in [-0.2, -0.15) is 0 Å². The number of benzene rings is 1. The molecule has 6 nitrogen and oxygen atoms in total. The molecule has 1 aromatic carbocycles. The van der Waals surface area contributed by atoms with Crippen LogP contribution in [0.3, 0.4) is 0 Å². The van der Waals surface area contributed by atoms with Crippen LogP contribution >= 0.6 is 0 Å². The molecule has 0 radical (unpaired) electrons. The number of rotatable bonds is 8. The van der Waals surface area contributed by atoms with Crippen LogP contribution in [-0.4, -0.2) is 50.2 Å². The highest BCUT2D eigenvalue weighted by Crippen LogP contribution is 2.03. The SMILES string of the molecule is COCC(C)NC(=O)NCCC(=O)N(C)Cc1ccccc1. The number of hydrogen-bond donors (Lipinski definition) is 2. The smallest absolute Gasteiger partial charge is 0.315 e. The summed E-state index contributed by atoms with van der Waals surface area (Å²) in [6, 6.07) is 9.43. The van der Waals surface area contributed by atoms with Gasteiger partial charge in [-0.15, -0.1) is 0 Å². The summed E-state index contributed by atoms with van der Waals surface area (Å²) in [5.41, 5.74) is 1.08. The Kier molecular flexibility index (Phi) is 7.99. The maximum atomic E-state index is 12.0. The Labute approximate surface area is 131 Å². The molecular formula is C16H25N3O3. The van der Waals surface area contributed by atoms with Gasteiger partial charge < -0.3 is 20.3 Å². The molecule has 0 saturated heterocycles. The molecule has 0 saturated carbocycles. The second-order valence-electron chi connectivity index (χ2n) is 5.24. The Hall–Kier alpha value is -2.08. The van der Waals surface area contributed by atoms with Crippen molar-refractivity contribution in [3.05, 3.63) is 35.9 Å². The van der Waals surface area contributed by atoms with Gasteiger partial charge in [-0.3, -0.25) is 4.79 Å². The normalized spacial score (nSPS) is 11.6. The number of ether oxygens (including phenoxy) is 1. The Bertz CT molecular complexity index is 465. The lowest BCUT2D eigenvalue weighted by atomic mass is 10.2. The molecule has 1 unspecified atom stereocenters. The third kappa shape index (κ3) is 7.08. The van der Waals surface area contributed by atoms with Crippen molar-refractivity contribution in [2.45, 2.75) is 25.9 Å². The Balaban J connectivity index is 2.23. The second kappa shape index (κ2) is 9.78. The lowest BCUT2D eigenvalue weighted by Crippen LogP contribution is -2.43. The minimum Gasteiger partial charge on any atom is -0.383 e. The summed E-state index contributed by atoms with van der Waals surface area (Å²) in [7, 11) is 3.34. The Morgan fingerprint density at radius 2 is 1.95 bits per heavy atom. The summed E-state index contributed by atoms with van der Waals surface area (Å²) in [4.78, 5) is 25.2. The number of hydrogen-bond acceptors (Lipinski definition) is 3. The van der Waals surface area contributed by atoms with Crippen molar-refractivity contribution >= 4 is 11.9 Å². The average Bonchev–Trinajstić information content (AvgIpc) is 2.48. The third-order valence-electron chi connectivity index (χ3n) is 3.11. The van der Waals surface area contributed by atoms with Gasteiger partial charge in [-0.25, -0.2) is 4.79 Å². The van der Waals surface area contributed by atoms with Crippen LogP contribution < -0.4 is 10.6 Å². The van der Waals surface area contributed by atoms with Crippen molar-refractivity contribution in [3.8, 4) is 0 Å². The van der Waals surface area contributed by atoms with Crippen LogP contribution in [0.5, 0.6) is 0 Å². The van der Waals surface area contributed by atoms with E-state index in [2.05, 4.69) is 10.6 Å². The molecule has 0 aliphatic heterocycles. The molecule has 22 heavy (non-hydrogen) atoms. The Morgan fingerprint density at radius 3 is 2.59 bits per heavy atom. The van der Waals surface area contributed by atoms with E-state index in [1.165, 1.54) is 0 Å². The van der Waals surface area contributed by atoms with Crippen molar-refractivity contribution in [3.63, 3.8) is 0 Å². The van der Waals surface area contributed by atoms with Gasteiger partial charge in [0.15, 0.2) is 0 Å². The van der Waals surface area contributed by atoms with E-state index in [1.807, 2.05) is 37.3 Å². The summed E-state index contributed by atoms with van der Waals surface area (Å²) < 4.78 is 4.93. The van der Waals surface area contributed by atoms with Gasteiger partial charge in [0, 0.05) is 33.7 Å². The van der Waals surface area contributed by atoms with Crippen LogP contribution in [0, 0.1) is 0 Å². The van der Waals surface area contributed by atoms with E-state index in [1.54, 1.807) is 19.1 Å². The van der Waals surface area contributed by atoms with E-state index < -0.39 is 0 Å². The highest BCUT2D eigenvalue weighted by atomic mass is 16.5. The second-order valence-corrected chi connectivity index (χ2v) is 5.24. The molecule has 0 aromatic heterocycles. The molecule has 1 aromatic rings. The van der Waals surface area contributed by atoms with Crippen LogP contribution in [0.25, 0.3) is 0 Å². The summed E-state index contributed by atoms with van der Waals surface area (Å²) in [6.07, 6.45) is 0.273. The molecule has 3 amide bonds. The Morgan fingerprint density at radius 1 is 1.27 bits per heavy atom. The third-order valence-corrected chi connectivity index (χ3v) is 3.11. The van der Waals surface area contributed by atoms with Crippen LogP contribution in [-0.2, 0) is 16.1 Å². The molecule has 0 bridgehead atoms. The molecule has 0 fully saturated rings. The van der Waals surface area contributed by atoms with Gasteiger partial charge >= 0.3 is 6.03 Å². The van der Waals surface area contributed by atoms with Crippen LogP contribution in [0.1, 0.15) is 18.9 Å². The molecule has 0 spiro atoms. The monoisotopic (exact) mass is 307 g/mol. The van der Waals surface area contributed by atoms with Gasteiger partial charge in [0.1, 0.15) is 0 Å². The molecule has 1 rings (SSSR count). The minimum atomic E-state index is -0.289. The molecule has 0 heterocycles. The predicted molar refractivity (Wildman–Crippen MR) is 85.4 cm³/mol. The largest absolute Gasteiger partial charge is 0.383 e. The number of carbonyl (C=O) groups excluding carboxylic acids is 2. The maximum absolute atomic E-state index is 12.0. The zero-order chi connectivity index (χ0) is 16.4. The van der Waals surface area contributed by atoms with Crippen molar-refractivity contribution < 1.29 is 14.3 Å². The molecule has 1 atom stereocenters. The van der Waals surface area contributed by atoms with Crippen molar-refractivity contribution in [1.29, 1.82) is 0 Å². The predicted octanol–water partition coefficient (Wildman–Crippen LogP) is 1.37. The fourth-order valence-electron chi connectivity index (χ4n) is 1.99. The maximum Gasteiger partial charge on any atom is 0.315 e. The fraction of sp³-hybridized carbons (Fsp3) is 0.500. The van der Waals surface area contributed by atoms with Crippen molar-refractivity contribution in [2.75, 3.05) is 27.3 Å². The molecule has 0 aliphatic carbocycles. The quantitative estimate of drug-likeness (QED) is 0.762. The summed E-state index contributed by atoms with van der Waals surface area (Å²) in [6.45, 7) is 3.17. The number of nitrogens with one attached hydrogen (secondary N) is 2. The summed E-state index contributed by atoms with van der Waals surface area (Å²) in [5, 5.41) is 5.39. The number of nitrogens with zero attached hydrogens (tertiary/aromatic N) is 1. The van der Waals surface area contributed by atoms with Crippen LogP contribution in [0.2, 0.25) is 0 Å². The first-order valence-electron chi connectivity index (χ1n) is 7.34. The number of urea groups is 1. The van der Waals surface area contributed by atoms with E-state index >= 15 is 0 Å². The van der Waals surface area contributed by atoms with E-state index in [4.69, 9.17) is 4.74 Å². The number of carbonyl (C=O) groups is 2. The molecule has 122 valence electrons. The standard InChI is InChI=1S/C16H25N3O3/c1-13(12-22-3)18-16(21)17-10-9-15(20)19(2)11-14-7-5-4-6-8-14/h4-8,13H,9-12H2,1-3H3,(H2,17,18,21). The average molecular weight is 307 g/mol. The van der Waals surface area contributed by atoms with Crippen molar-refractivity contribution in [1.82, 2.24) is 15.5 Å². The lowest BCUT2D eigenvalue weighted by Gasteiger charge is -2.18. The summed E-state index contributed by atoms with van der Waals surface area (Å²) >= 11 is 0. The zero-order valence-electron chi connectivity index (χ0n) is 13.5.